The van der Waals surface area contributed by atoms with Crippen molar-refractivity contribution in [1.82, 2.24) is 9.80 Å². The fourth-order valence-electron chi connectivity index (χ4n) is 3.43. The van der Waals surface area contributed by atoms with Gasteiger partial charge in [0.25, 0.3) is 5.91 Å². The molecule has 2 fully saturated rings. The molecule has 6 nitrogen and oxygen atoms in total. The van der Waals surface area contributed by atoms with Crippen LogP contribution < -0.4 is 5.73 Å². The lowest BCUT2D eigenvalue weighted by Crippen LogP contribution is -2.47. The van der Waals surface area contributed by atoms with Gasteiger partial charge in [-0.15, -0.1) is 0 Å². The van der Waals surface area contributed by atoms with Crippen molar-refractivity contribution in [3.63, 3.8) is 0 Å². The summed E-state index contributed by atoms with van der Waals surface area (Å²) in [5.74, 6) is 0.360. The molecule has 2 atom stereocenters. The van der Waals surface area contributed by atoms with E-state index in [1.165, 1.54) is 0 Å². The molecule has 0 saturated carbocycles. The number of carbonyl (C=O) groups excluding carboxylic acids is 2. The van der Waals surface area contributed by atoms with E-state index in [0.717, 1.165) is 45.1 Å². The highest BCUT2D eigenvalue weighted by Crippen LogP contribution is 2.24. The molecule has 2 aliphatic heterocycles. The lowest BCUT2D eigenvalue weighted by Gasteiger charge is -2.34. The largest absolute Gasteiger partial charge is 0.364 e. The number of unbranched alkanes of at least 4 members (excludes halogenated alkanes) is 1. The van der Waals surface area contributed by atoms with Crippen LogP contribution in [0.4, 0.5) is 0 Å². The average Bonchev–Trinajstić information content (AvgIpc) is 3.07. The molecule has 23 heavy (non-hydrogen) atoms. The molecule has 0 bridgehead atoms. The van der Waals surface area contributed by atoms with Gasteiger partial charge >= 0.3 is 0 Å². The molecular weight excluding hydrogens is 294 g/mol. The molecule has 2 saturated heterocycles. The molecule has 0 spiro atoms. The Kier molecular flexibility index (Phi) is 6.84. The van der Waals surface area contributed by atoms with Crippen molar-refractivity contribution in [1.29, 1.82) is 0 Å². The highest BCUT2D eigenvalue weighted by atomic mass is 16.5. The second kappa shape index (κ2) is 8.64. The van der Waals surface area contributed by atoms with Crippen molar-refractivity contribution in [2.75, 3.05) is 33.2 Å². The number of carbonyl (C=O) groups is 2. The zero-order valence-electron chi connectivity index (χ0n) is 14.5. The third kappa shape index (κ3) is 4.67. The van der Waals surface area contributed by atoms with E-state index in [1.54, 1.807) is 0 Å². The topological polar surface area (TPSA) is 75.9 Å². The molecule has 2 aliphatic rings. The molecule has 0 aromatic heterocycles. The van der Waals surface area contributed by atoms with Gasteiger partial charge in [0.15, 0.2) is 0 Å². The number of hydrogen-bond acceptors (Lipinski definition) is 4. The molecule has 0 aliphatic carbocycles. The predicted octanol–water partition coefficient (Wildman–Crippen LogP) is 0.990. The third-order valence-corrected chi connectivity index (χ3v) is 5.03. The first-order chi connectivity index (χ1) is 11.1. The molecule has 2 amide bonds. The highest BCUT2D eigenvalue weighted by Gasteiger charge is 2.35. The van der Waals surface area contributed by atoms with Crippen LogP contribution in [-0.2, 0) is 14.3 Å². The van der Waals surface area contributed by atoms with Gasteiger partial charge in [0.2, 0.25) is 5.91 Å². The molecule has 132 valence electrons. The minimum absolute atomic E-state index is 0.0234. The second-order valence-electron chi connectivity index (χ2n) is 6.77. The lowest BCUT2D eigenvalue weighted by atomic mass is 9.95. The van der Waals surface area contributed by atoms with Crippen molar-refractivity contribution in [2.45, 2.75) is 57.7 Å². The molecule has 6 heteroatoms. The van der Waals surface area contributed by atoms with Crippen molar-refractivity contribution < 1.29 is 14.3 Å². The molecule has 2 heterocycles. The zero-order valence-corrected chi connectivity index (χ0v) is 14.5. The standard InChI is InChI=1S/C17H31N3O3/c1-3-4-9-19(2)16(21)13-7-10-20(11-8-13)17(22)15-6-5-14(12-18)23-15/h13-15H,3-12,18H2,1-2H3/t14-,15+/m1/s1. The molecular formula is C17H31N3O3. The maximum atomic E-state index is 12.5. The van der Waals surface area contributed by atoms with E-state index in [9.17, 15) is 9.59 Å². The number of nitrogens with two attached hydrogens (primary N) is 1. The zero-order chi connectivity index (χ0) is 16.8. The number of nitrogens with zero attached hydrogens (tertiary/aromatic N) is 2. The van der Waals surface area contributed by atoms with Crippen LogP contribution in [0.25, 0.3) is 0 Å². The summed E-state index contributed by atoms with van der Waals surface area (Å²) >= 11 is 0. The molecule has 0 radical (unpaired) electrons. The van der Waals surface area contributed by atoms with E-state index in [-0.39, 0.29) is 29.9 Å². The summed E-state index contributed by atoms with van der Waals surface area (Å²) in [5.41, 5.74) is 5.60. The van der Waals surface area contributed by atoms with E-state index in [0.29, 0.717) is 19.6 Å². The van der Waals surface area contributed by atoms with Crippen LogP contribution in [-0.4, -0.2) is 67.0 Å². The number of rotatable bonds is 6. The predicted molar refractivity (Wildman–Crippen MR) is 88.8 cm³/mol. The number of ether oxygens (including phenoxy) is 1. The first kappa shape index (κ1) is 18.2. The molecule has 2 N–H and O–H groups in total. The Balaban J connectivity index is 1.77. The number of piperidine rings is 1. The van der Waals surface area contributed by atoms with Gasteiger partial charge < -0.3 is 20.3 Å². The Morgan fingerprint density at radius 3 is 2.48 bits per heavy atom. The number of amides is 2. The summed E-state index contributed by atoms with van der Waals surface area (Å²) < 4.78 is 5.69. The van der Waals surface area contributed by atoms with Gasteiger partial charge in [-0.25, -0.2) is 0 Å². The van der Waals surface area contributed by atoms with Crippen LogP contribution in [0.2, 0.25) is 0 Å². The molecule has 0 unspecified atom stereocenters. The Morgan fingerprint density at radius 2 is 1.91 bits per heavy atom. The quantitative estimate of drug-likeness (QED) is 0.790. The van der Waals surface area contributed by atoms with E-state index in [2.05, 4.69) is 6.92 Å². The van der Waals surface area contributed by atoms with Crippen LogP contribution in [0, 0.1) is 5.92 Å². The van der Waals surface area contributed by atoms with Crippen LogP contribution in [0.3, 0.4) is 0 Å². The summed E-state index contributed by atoms with van der Waals surface area (Å²) in [4.78, 5) is 28.6. The Hall–Kier alpha value is -1.14. The van der Waals surface area contributed by atoms with Gasteiger partial charge in [0.1, 0.15) is 6.10 Å². The van der Waals surface area contributed by atoms with E-state index < -0.39 is 0 Å². The summed E-state index contributed by atoms with van der Waals surface area (Å²) in [5, 5.41) is 0. The summed E-state index contributed by atoms with van der Waals surface area (Å²) in [6.07, 6.45) is 4.97. The van der Waals surface area contributed by atoms with E-state index in [4.69, 9.17) is 10.5 Å². The normalized spacial score (nSPS) is 25.6. The summed E-state index contributed by atoms with van der Waals surface area (Å²) in [7, 11) is 1.88. The minimum Gasteiger partial charge on any atom is -0.364 e. The van der Waals surface area contributed by atoms with Gasteiger partial charge in [-0.1, -0.05) is 13.3 Å². The average molecular weight is 325 g/mol. The fraction of sp³-hybridized carbons (Fsp3) is 0.882. The van der Waals surface area contributed by atoms with E-state index in [1.807, 2.05) is 16.8 Å². The third-order valence-electron chi connectivity index (χ3n) is 5.03. The van der Waals surface area contributed by atoms with Crippen molar-refractivity contribution >= 4 is 11.8 Å². The summed E-state index contributed by atoms with van der Waals surface area (Å²) in [6, 6.07) is 0. The van der Waals surface area contributed by atoms with Crippen LogP contribution >= 0.6 is 0 Å². The Morgan fingerprint density at radius 1 is 1.22 bits per heavy atom. The van der Waals surface area contributed by atoms with Crippen molar-refractivity contribution in [2.24, 2.45) is 11.7 Å². The maximum absolute atomic E-state index is 12.5. The first-order valence-corrected chi connectivity index (χ1v) is 8.96. The Bertz CT molecular complexity index is 408. The van der Waals surface area contributed by atoms with Gasteiger partial charge in [-0.2, -0.15) is 0 Å². The molecule has 0 aromatic carbocycles. The smallest absolute Gasteiger partial charge is 0.251 e. The Labute approximate surface area is 139 Å². The van der Waals surface area contributed by atoms with Crippen LogP contribution in [0.5, 0.6) is 0 Å². The first-order valence-electron chi connectivity index (χ1n) is 8.96. The fourth-order valence-corrected chi connectivity index (χ4v) is 3.43. The minimum atomic E-state index is -0.331. The van der Waals surface area contributed by atoms with Crippen molar-refractivity contribution in [3.8, 4) is 0 Å². The second-order valence-corrected chi connectivity index (χ2v) is 6.77. The lowest BCUT2D eigenvalue weighted by molar-refractivity contribution is -0.146. The maximum Gasteiger partial charge on any atom is 0.251 e. The van der Waals surface area contributed by atoms with Crippen LogP contribution in [0.1, 0.15) is 45.4 Å². The SMILES string of the molecule is CCCCN(C)C(=O)C1CCN(C(=O)[C@@H]2CC[C@H](CN)O2)CC1. The van der Waals surface area contributed by atoms with Crippen molar-refractivity contribution in [3.05, 3.63) is 0 Å². The van der Waals surface area contributed by atoms with Gasteiger partial charge in [0, 0.05) is 39.1 Å². The molecule has 0 aromatic rings. The van der Waals surface area contributed by atoms with E-state index >= 15 is 0 Å². The van der Waals surface area contributed by atoms with Gasteiger partial charge in [-0.05, 0) is 32.1 Å². The van der Waals surface area contributed by atoms with Gasteiger partial charge in [-0.3, -0.25) is 9.59 Å². The monoisotopic (exact) mass is 325 g/mol. The summed E-state index contributed by atoms with van der Waals surface area (Å²) in [6.45, 7) is 4.74. The highest BCUT2D eigenvalue weighted by molar-refractivity contribution is 5.82. The number of hydrogen-bond donors (Lipinski definition) is 1. The van der Waals surface area contributed by atoms with Gasteiger partial charge in [0.05, 0.1) is 6.10 Å². The molecule has 2 rings (SSSR count). The number of likely N-dealkylation sites (tertiary alicyclic amines) is 1. The van der Waals surface area contributed by atoms with Crippen LogP contribution in [0.15, 0.2) is 0 Å².